The van der Waals surface area contributed by atoms with Crippen LogP contribution in [-0.2, 0) is 6.18 Å². The summed E-state index contributed by atoms with van der Waals surface area (Å²) < 4.78 is 83.0. The summed E-state index contributed by atoms with van der Waals surface area (Å²) in [5.74, 6) is -1.10. The highest BCUT2D eigenvalue weighted by molar-refractivity contribution is 6.31. The first kappa shape index (κ1) is 30.4. The first-order chi connectivity index (χ1) is 20.0. The molecule has 2 aliphatic heterocycles. The zero-order valence-electron chi connectivity index (χ0n) is 23.7. The van der Waals surface area contributed by atoms with Gasteiger partial charge in [0, 0.05) is 49.9 Å². The van der Waals surface area contributed by atoms with Gasteiger partial charge in [0.15, 0.2) is 0 Å². The maximum Gasteiger partial charge on any atom is 0.416 e. The molecule has 0 spiro atoms. The van der Waals surface area contributed by atoms with Crippen LogP contribution in [0.3, 0.4) is 0 Å². The Bertz CT molecular complexity index is 1670. The molecular formula is C32H29ClF6N4. The van der Waals surface area contributed by atoms with E-state index in [1.54, 1.807) is 11.0 Å². The minimum atomic E-state index is -4.78. The van der Waals surface area contributed by atoms with Gasteiger partial charge in [-0.3, -0.25) is 0 Å². The van der Waals surface area contributed by atoms with Crippen molar-refractivity contribution in [2.45, 2.75) is 38.5 Å². The minimum Gasteiger partial charge on any atom is -0.374 e. The van der Waals surface area contributed by atoms with Crippen molar-refractivity contribution in [2.75, 3.05) is 28.3 Å². The molecular weight excluding hydrogens is 590 g/mol. The average molecular weight is 619 g/mol. The van der Waals surface area contributed by atoms with Crippen molar-refractivity contribution in [2.24, 2.45) is 0 Å². The summed E-state index contributed by atoms with van der Waals surface area (Å²) in [5, 5.41) is 6.61. The van der Waals surface area contributed by atoms with E-state index < -0.39 is 41.6 Å². The Morgan fingerprint density at radius 2 is 1.72 bits per heavy atom. The van der Waals surface area contributed by atoms with E-state index in [0.29, 0.717) is 51.3 Å². The largest absolute Gasteiger partial charge is 0.416 e. The number of anilines is 3. The fourth-order valence-corrected chi connectivity index (χ4v) is 5.94. The molecule has 0 fully saturated rings. The molecule has 3 aromatic carbocycles. The van der Waals surface area contributed by atoms with Gasteiger partial charge in [-0.25, -0.2) is 13.2 Å². The molecule has 226 valence electrons. The van der Waals surface area contributed by atoms with Crippen molar-refractivity contribution >= 4 is 40.1 Å². The Kier molecular flexibility index (Phi) is 7.49. The highest BCUT2D eigenvalue weighted by Crippen LogP contribution is 2.56. The summed E-state index contributed by atoms with van der Waals surface area (Å²) in [6.45, 7) is 17.5. The van der Waals surface area contributed by atoms with E-state index in [1.807, 2.05) is 25.7 Å². The number of rotatable bonds is 6. The lowest BCUT2D eigenvalue weighted by Gasteiger charge is -2.36. The van der Waals surface area contributed by atoms with Crippen molar-refractivity contribution in [3.8, 4) is 0 Å². The van der Waals surface area contributed by atoms with Gasteiger partial charge in [-0.15, -0.1) is 0 Å². The molecule has 0 radical (unpaired) electrons. The number of alkyl halides is 4. The summed E-state index contributed by atoms with van der Waals surface area (Å²) in [6, 6.07) is 7.03. The highest BCUT2D eigenvalue weighted by Gasteiger charge is 2.44. The fraction of sp³-hybridized carbons (Fsp3) is 0.250. The van der Waals surface area contributed by atoms with Crippen molar-refractivity contribution in [1.29, 1.82) is 0 Å². The van der Waals surface area contributed by atoms with Gasteiger partial charge in [-0.05, 0) is 63.2 Å². The number of hydrogen-bond donors (Lipinski definition) is 2. The molecule has 2 heterocycles. The second-order valence-corrected chi connectivity index (χ2v) is 11.8. The maximum absolute atomic E-state index is 14.5. The lowest BCUT2D eigenvalue weighted by molar-refractivity contribution is -0.137. The SMILES string of the molecule is C=C(Nc1cc2c(c3c1C(c1cc(F)ccc1Cl)NC3=C)N(C(C)(C)C)C(=C)N2CCF)c1cc(F)cc(C(F)(F)F)c1. The van der Waals surface area contributed by atoms with Crippen LogP contribution in [0.2, 0.25) is 5.02 Å². The van der Waals surface area contributed by atoms with Gasteiger partial charge in [0.1, 0.15) is 24.1 Å². The number of benzene rings is 3. The van der Waals surface area contributed by atoms with E-state index in [0.717, 1.165) is 12.1 Å². The summed E-state index contributed by atoms with van der Waals surface area (Å²) in [5.41, 5.74) is 1.73. The Labute approximate surface area is 250 Å². The predicted octanol–water partition coefficient (Wildman–Crippen LogP) is 9.25. The third-order valence-electron chi connectivity index (χ3n) is 7.42. The van der Waals surface area contributed by atoms with E-state index in [9.17, 15) is 26.3 Å². The molecule has 0 saturated carbocycles. The molecule has 0 aliphatic carbocycles. The number of fused-ring (bicyclic) bond motifs is 3. The fourth-order valence-electron chi connectivity index (χ4n) is 5.71. The normalized spacial score (nSPS) is 16.4. The van der Waals surface area contributed by atoms with Crippen LogP contribution in [0.25, 0.3) is 11.4 Å². The lowest BCUT2D eigenvalue weighted by atomic mass is 9.92. The van der Waals surface area contributed by atoms with Gasteiger partial charge in [-0.1, -0.05) is 31.3 Å². The van der Waals surface area contributed by atoms with E-state index in [4.69, 9.17) is 11.6 Å². The second kappa shape index (κ2) is 10.6. The third kappa shape index (κ3) is 5.33. The van der Waals surface area contributed by atoms with Crippen LogP contribution in [0.15, 0.2) is 68.0 Å². The molecule has 43 heavy (non-hydrogen) atoms. The van der Waals surface area contributed by atoms with E-state index in [1.165, 1.54) is 18.2 Å². The van der Waals surface area contributed by atoms with Crippen LogP contribution < -0.4 is 20.4 Å². The number of hydrogen-bond acceptors (Lipinski definition) is 4. The first-order valence-electron chi connectivity index (χ1n) is 13.3. The molecule has 1 unspecified atom stereocenters. The third-order valence-corrected chi connectivity index (χ3v) is 7.76. The van der Waals surface area contributed by atoms with E-state index in [-0.39, 0.29) is 22.8 Å². The van der Waals surface area contributed by atoms with Crippen LogP contribution in [0.1, 0.15) is 54.6 Å². The summed E-state index contributed by atoms with van der Waals surface area (Å²) in [6.07, 6.45) is -4.78. The smallest absolute Gasteiger partial charge is 0.374 e. The zero-order chi connectivity index (χ0) is 31.6. The molecule has 4 nitrogen and oxygen atoms in total. The zero-order valence-corrected chi connectivity index (χ0v) is 24.5. The van der Waals surface area contributed by atoms with Gasteiger partial charge >= 0.3 is 6.18 Å². The molecule has 0 bridgehead atoms. The van der Waals surface area contributed by atoms with Crippen LogP contribution >= 0.6 is 11.6 Å². The van der Waals surface area contributed by atoms with Crippen LogP contribution in [-0.4, -0.2) is 18.8 Å². The van der Waals surface area contributed by atoms with Crippen molar-refractivity contribution in [1.82, 2.24) is 5.32 Å². The second-order valence-electron chi connectivity index (χ2n) is 11.4. The van der Waals surface area contributed by atoms with Gasteiger partial charge in [0.2, 0.25) is 0 Å². The lowest BCUT2D eigenvalue weighted by Crippen LogP contribution is -2.42. The van der Waals surface area contributed by atoms with Gasteiger partial charge in [-0.2, -0.15) is 13.2 Å². The molecule has 0 aromatic heterocycles. The molecule has 2 aliphatic rings. The van der Waals surface area contributed by atoms with Crippen LogP contribution in [0.4, 0.5) is 43.4 Å². The average Bonchev–Trinajstić information content (AvgIpc) is 3.39. The number of nitrogens with zero attached hydrogens (tertiary/aromatic N) is 2. The van der Waals surface area contributed by atoms with Crippen LogP contribution in [0.5, 0.6) is 0 Å². The first-order valence-corrected chi connectivity index (χ1v) is 13.7. The van der Waals surface area contributed by atoms with Gasteiger partial charge in [0.05, 0.1) is 29.5 Å². The van der Waals surface area contributed by atoms with E-state index in [2.05, 4.69) is 30.4 Å². The van der Waals surface area contributed by atoms with Crippen molar-refractivity contribution < 1.29 is 26.3 Å². The predicted molar refractivity (Wildman–Crippen MR) is 161 cm³/mol. The van der Waals surface area contributed by atoms with Crippen molar-refractivity contribution in [3.05, 3.63) is 112 Å². The maximum atomic E-state index is 14.5. The van der Waals surface area contributed by atoms with E-state index >= 15 is 0 Å². The monoisotopic (exact) mass is 618 g/mol. The Balaban J connectivity index is 1.76. The molecule has 11 heteroatoms. The quantitative estimate of drug-likeness (QED) is 0.270. The summed E-state index contributed by atoms with van der Waals surface area (Å²) >= 11 is 6.53. The molecule has 0 saturated heterocycles. The highest BCUT2D eigenvalue weighted by atomic mass is 35.5. The Morgan fingerprint density at radius 3 is 2.35 bits per heavy atom. The molecule has 2 N–H and O–H groups in total. The Morgan fingerprint density at radius 1 is 1.02 bits per heavy atom. The number of halogens is 7. The van der Waals surface area contributed by atoms with Crippen LogP contribution in [0, 0.1) is 11.6 Å². The minimum absolute atomic E-state index is 0.0184. The van der Waals surface area contributed by atoms with Gasteiger partial charge < -0.3 is 20.4 Å². The summed E-state index contributed by atoms with van der Waals surface area (Å²) in [4.78, 5) is 3.66. The molecule has 3 aromatic rings. The standard InChI is InChI=1S/C32H29ClF6N4/c1-16(19-11-20(32(37,38)39)13-22(36)12-19)40-25-15-26-30(43(31(4,5)6)18(3)42(26)10-9-34)27-17(2)41-29(28(25)27)23-14-21(35)7-8-24(23)33/h7-8,11-15,29,40-41H,1-3,9-10H2,4-6H3. The van der Waals surface area contributed by atoms with Gasteiger partial charge in [0.25, 0.3) is 0 Å². The summed E-state index contributed by atoms with van der Waals surface area (Å²) in [7, 11) is 0. The number of nitrogens with one attached hydrogen (secondary N) is 2. The molecule has 1 atom stereocenters. The topological polar surface area (TPSA) is 30.5 Å². The Hall–Kier alpha value is -4.05. The molecule has 0 amide bonds. The molecule has 5 rings (SSSR count). The van der Waals surface area contributed by atoms with Crippen molar-refractivity contribution in [3.63, 3.8) is 0 Å².